The van der Waals surface area contributed by atoms with Crippen molar-refractivity contribution in [3.05, 3.63) is 66.1 Å². The Balaban J connectivity index is 1.28. The second kappa shape index (κ2) is 10.8. The van der Waals surface area contributed by atoms with Gasteiger partial charge in [0.15, 0.2) is 5.82 Å². The number of aromatic nitrogens is 3. The molecule has 0 aliphatic carbocycles. The summed E-state index contributed by atoms with van der Waals surface area (Å²) in [5.41, 5.74) is 1.70. The van der Waals surface area contributed by atoms with E-state index in [2.05, 4.69) is 15.4 Å². The topological polar surface area (TPSA) is 98.6 Å². The molecule has 9 heteroatoms. The molecule has 1 aromatic carbocycles. The van der Waals surface area contributed by atoms with E-state index in [1.54, 1.807) is 55.8 Å². The van der Waals surface area contributed by atoms with Gasteiger partial charge in [-0.05, 0) is 49.1 Å². The fraction of sp³-hybridized carbons (Fsp3) is 0.360. The van der Waals surface area contributed by atoms with Gasteiger partial charge in [0, 0.05) is 61.8 Å². The minimum atomic E-state index is -0.161. The van der Waals surface area contributed by atoms with E-state index in [-0.39, 0.29) is 17.7 Å². The number of methoxy groups -OCH3 is 2. The van der Waals surface area contributed by atoms with Gasteiger partial charge in [-0.3, -0.25) is 19.3 Å². The van der Waals surface area contributed by atoms with Crippen molar-refractivity contribution in [1.29, 1.82) is 0 Å². The van der Waals surface area contributed by atoms with Crippen LogP contribution in [0.5, 0.6) is 11.5 Å². The standard InChI is InChI=1S/C25H29N5O4/c1-33-21-15-20(16-22(17-21)34-2)25(32)29-11-6-19(7-12-29)24(31)27-23-8-14-30(28-23)13-5-18-3-9-26-10-4-18/h3-4,8-10,14-17,19H,5-7,11-13H2,1-2H3,(H,27,28,31). The van der Waals surface area contributed by atoms with E-state index < -0.39 is 0 Å². The first-order valence-corrected chi connectivity index (χ1v) is 11.3. The first kappa shape index (κ1) is 23.3. The van der Waals surface area contributed by atoms with Crippen LogP contribution in [0.15, 0.2) is 55.0 Å². The van der Waals surface area contributed by atoms with Crippen LogP contribution >= 0.6 is 0 Å². The van der Waals surface area contributed by atoms with Gasteiger partial charge in [0.1, 0.15) is 11.5 Å². The lowest BCUT2D eigenvalue weighted by molar-refractivity contribution is -0.121. The molecular formula is C25H29N5O4. The molecule has 4 rings (SSSR count). The van der Waals surface area contributed by atoms with Crippen LogP contribution in [0.1, 0.15) is 28.8 Å². The number of nitrogens with one attached hydrogen (secondary N) is 1. The number of anilines is 1. The molecule has 0 bridgehead atoms. The summed E-state index contributed by atoms with van der Waals surface area (Å²) in [6.45, 7) is 1.74. The third-order valence-electron chi connectivity index (χ3n) is 6.02. The van der Waals surface area contributed by atoms with Crippen LogP contribution in [-0.2, 0) is 17.8 Å². The summed E-state index contributed by atoms with van der Waals surface area (Å²) >= 11 is 0. The van der Waals surface area contributed by atoms with Gasteiger partial charge in [0.25, 0.3) is 5.91 Å². The van der Waals surface area contributed by atoms with Gasteiger partial charge in [0.2, 0.25) is 5.91 Å². The van der Waals surface area contributed by atoms with Gasteiger partial charge < -0.3 is 19.7 Å². The zero-order valence-electron chi connectivity index (χ0n) is 19.4. The van der Waals surface area contributed by atoms with E-state index in [9.17, 15) is 9.59 Å². The molecule has 2 amide bonds. The number of likely N-dealkylation sites (tertiary alicyclic amines) is 1. The van der Waals surface area contributed by atoms with Gasteiger partial charge in [-0.2, -0.15) is 5.10 Å². The molecule has 34 heavy (non-hydrogen) atoms. The Labute approximate surface area is 198 Å². The van der Waals surface area contributed by atoms with Crippen LogP contribution in [0.2, 0.25) is 0 Å². The molecule has 0 saturated carbocycles. The maximum atomic E-state index is 13.0. The fourth-order valence-electron chi connectivity index (χ4n) is 4.03. The minimum absolute atomic E-state index is 0.0606. The van der Waals surface area contributed by atoms with Crippen molar-refractivity contribution < 1.29 is 19.1 Å². The van der Waals surface area contributed by atoms with E-state index >= 15 is 0 Å². The Kier molecular flexibility index (Phi) is 7.41. The summed E-state index contributed by atoms with van der Waals surface area (Å²) in [7, 11) is 3.11. The molecule has 1 saturated heterocycles. The number of ether oxygens (including phenoxy) is 2. The predicted octanol–water partition coefficient (Wildman–Crippen LogP) is 3.03. The second-order valence-corrected chi connectivity index (χ2v) is 8.23. The van der Waals surface area contributed by atoms with Crippen molar-refractivity contribution in [1.82, 2.24) is 19.7 Å². The number of benzene rings is 1. The molecule has 1 aliphatic rings. The number of piperidine rings is 1. The van der Waals surface area contributed by atoms with Crippen LogP contribution in [0.25, 0.3) is 0 Å². The van der Waals surface area contributed by atoms with E-state index in [1.165, 1.54) is 5.56 Å². The Hall–Kier alpha value is -3.88. The highest BCUT2D eigenvalue weighted by Crippen LogP contribution is 2.26. The van der Waals surface area contributed by atoms with Crippen molar-refractivity contribution in [2.24, 2.45) is 5.92 Å². The van der Waals surface area contributed by atoms with Gasteiger partial charge in [-0.25, -0.2) is 0 Å². The molecule has 3 heterocycles. The molecule has 0 radical (unpaired) electrons. The summed E-state index contributed by atoms with van der Waals surface area (Å²) in [5.74, 6) is 1.36. The quantitative estimate of drug-likeness (QED) is 0.551. The average Bonchev–Trinajstić information content (AvgIpc) is 3.34. The molecular weight excluding hydrogens is 434 g/mol. The lowest BCUT2D eigenvalue weighted by Crippen LogP contribution is -2.41. The van der Waals surface area contributed by atoms with E-state index in [0.29, 0.717) is 48.8 Å². The molecule has 1 N–H and O–H groups in total. The lowest BCUT2D eigenvalue weighted by Gasteiger charge is -2.31. The summed E-state index contributed by atoms with van der Waals surface area (Å²) in [4.78, 5) is 31.5. The number of amides is 2. The largest absolute Gasteiger partial charge is 0.497 e. The van der Waals surface area contributed by atoms with Crippen molar-refractivity contribution >= 4 is 17.6 Å². The first-order chi connectivity index (χ1) is 16.6. The van der Waals surface area contributed by atoms with Crippen LogP contribution in [0.4, 0.5) is 5.82 Å². The Morgan fingerprint density at radius 2 is 1.71 bits per heavy atom. The van der Waals surface area contributed by atoms with Crippen LogP contribution < -0.4 is 14.8 Å². The lowest BCUT2D eigenvalue weighted by atomic mass is 9.95. The maximum absolute atomic E-state index is 13.0. The fourth-order valence-corrected chi connectivity index (χ4v) is 4.03. The molecule has 9 nitrogen and oxygen atoms in total. The molecule has 178 valence electrons. The third kappa shape index (κ3) is 5.72. The highest BCUT2D eigenvalue weighted by molar-refractivity contribution is 5.96. The van der Waals surface area contributed by atoms with Crippen molar-refractivity contribution in [2.45, 2.75) is 25.8 Å². The maximum Gasteiger partial charge on any atom is 0.254 e. The van der Waals surface area contributed by atoms with Crippen LogP contribution in [-0.4, -0.2) is 58.8 Å². The average molecular weight is 464 g/mol. The summed E-state index contributed by atoms with van der Waals surface area (Å²) < 4.78 is 12.4. The van der Waals surface area contributed by atoms with Crippen molar-refractivity contribution in [3.63, 3.8) is 0 Å². The summed E-state index contributed by atoms with van der Waals surface area (Å²) in [6.07, 6.45) is 7.44. The SMILES string of the molecule is COc1cc(OC)cc(C(=O)N2CCC(C(=O)Nc3ccn(CCc4ccncc4)n3)CC2)c1. The van der Waals surface area contributed by atoms with Crippen LogP contribution in [0.3, 0.4) is 0 Å². The smallest absolute Gasteiger partial charge is 0.254 e. The molecule has 2 aromatic heterocycles. The highest BCUT2D eigenvalue weighted by atomic mass is 16.5. The number of aryl methyl sites for hydroxylation is 2. The van der Waals surface area contributed by atoms with E-state index in [0.717, 1.165) is 13.0 Å². The number of carbonyl (C=O) groups is 2. The van der Waals surface area contributed by atoms with Crippen LogP contribution in [0, 0.1) is 5.92 Å². The number of carbonyl (C=O) groups excluding carboxylic acids is 2. The van der Waals surface area contributed by atoms with Crippen molar-refractivity contribution in [2.75, 3.05) is 32.6 Å². The first-order valence-electron chi connectivity index (χ1n) is 11.3. The number of hydrogen-bond donors (Lipinski definition) is 1. The number of rotatable bonds is 8. The van der Waals surface area contributed by atoms with Gasteiger partial charge in [-0.15, -0.1) is 0 Å². The highest BCUT2D eigenvalue weighted by Gasteiger charge is 2.28. The predicted molar refractivity (Wildman–Crippen MR) is 127 cm³/mol. The van der Waals surface area contributed by atoms with Gasteiger partial charge in [-0.1, -0.05) is 0 Å². The summed E-state index contributed by atoms with van der Waals surface area (Å²) in [5, 5.41) is 7.38. The molecule has 0 atom stereocenters. The van der Waals surface area contributed by atoms with E-state index in [1.807, 2.05) is 23.0 Å². The number of nitrogens with zero attached hydrogens (tertiary/aromatic N) is 4. The normalized spacial score (nSPS) is 14.0. The van der Waals surface area contributed by atoms with Crippen molar-refractivity contribution in [3.8, 4) is 11.5 Å². The Morgan fingerprint density at radius 1 is 1.03 bits per heavy atom. The Bertz CT molecular complexity index is 1100. The number of hydrogen-bond acceptors (Lipinski definition) is 6. The second-order valence-electron chi connectivity index (χ2n) is 8.23. The molecule has 3 aromatic rings. The summed E-state index contributed by atoms with van der Waals surface area (Å²) in [6, 6.07) is 10.9. The molecule has 0 unspecified atom stereocenters. The van der Waals surface area contributed by atoms with Gasteiger partial charge in [0.05, 0.1) is 14.2 Å². The monoisotopic (exact) mass is 463 g/mol. The zero-order chi connectivity index (χ0) is 23.9. The third-order valence-corrected chi connectivity index (χ3v) is 6.02. The minimum Gasteiger partial charge on any atom is -0.497 e. The molecule has 1 fully saturated rings. The number of pyridine rings is 1. The van der Waals surface area contributed by atoms with E-state index in [4.69, 9.17) is 9.47 Å². The molecule has 1 aliphatic heterocycles. The van der Waals surface area contributed by atoms with Gasteiger partial charge >= 0.3 is 0 Å². The molecule has 0 spiro atoms. The zero-order valence-corrected chi connectivity index (χ0v) is 19.4. The Morgan fingerprint density at radius 3 is 2.35 bits per heavy atom.